The number of carbonyl (C=O) groups is 1. The van der Waals surface area contributed by atoms with Crippen LogP contribution in [0, 0.1) is 0 Å². The minimum atomic E-state index is -4.62. The molecule has 0 aliphatic heterocycles. The molecule has 7 heteroatoms. The molecular formula is C10H10F3NO3. The van der Waals surface area contributed by atoms with E-state index in [4.69, 9.17) is 4.74 Å². The van der Waals surface area contributed by atoms with E-state index in [0.29, 0.717) is 0 Å². The Bertz CT molecular complexity index is 418. The molecule has 1 heterocycles. The third-order valence-corrected chi connectivity index (χ3v) is 1.84. The minimum absolute atomic E-state index is 0.0416. The molecule has 0 unspecified atom stereocenters. The average Bonchev–Trinajstić information content (AvgIpc) is 2.27. The van der Waals surface area contributed by atoms with Crippen LogP contribution in [0.5, 0.6) is 5.75 Å². The van der Waals surface area contributed by atoms with Crippen molar-refractivity contribution in [3.63, 3.8) is 0 Å². The number of pyridine rings is 1. The number of rotatable bonds is 3. The summed E-state index contributed by atoms with van der Waals surface area (Å²) >= 11 is 0. The smallest absolute Gasteiger partial charge is 0.433 e. The third-order valence-electron chi connectivity index (χ3n) is 1.84. The second-order valence-corrected chi connectivity index (χ2v) is 2.97. The zero-order chi connectivity index (χ0) is 13.1. The lowest BCUT2D eigenvalue weighted by Crippen LogP contribution is -2.14. The van der Waals surface area contributed by atoms with Gasteiger partial charge in [-0.1, -0.05) is 0 Å². The Kier molecular flexibility index (Phi) is 3.93. The van der Waals surface area contributed by atoms with E-state index in [1.807, 2.05) is 0 Å². The fourth-order valence-corrected chi connectivity index (χ4v) is 1.11. The van der Waals surface area contributed by atoms with E-state index in [1.54, 1.807) is 0 Å². The highest BCUT2D eigenvalue weighted by Crippen LogP contribution is 2.30. The van der Waals surface area contributed by atoms with E-state index < -0.39 is 23.5 Å². The van der Waals surface area contributed by atoms with Gasteiger partial charge in [0.1, 0.15) is 5.69 Å². The number of methoxy groups -OCH3 is 1. The number of alkyl halides is 3. The van der Waals surface area contributed by atoms with Crippen LogP contribution in [-0.4, -0.2) is 24.7 Å². The summed E-state index contributed by atoms with van der Waals surface area (Å²) in [5, 5.41) is 0. The normalized spacial score (nSPS) is 11.1. The minimum Gasteiger partial charge on any atom is -0.494 e. The van der Waals surface area contributed by atoms with Crippen LogP contribution in [0.2, 0.25) is 0 Å². The SMILES string of the molecule is CCOC(=O)c1nc(C(F)(F)F)ccc1OC. The molecule has 0 saturated carbocycles. The number of hydrogen-bond donors (Lipinski definition) is 0. The summed E-state index contributed by atoms with van der Waals surface area (Å²) < 4.78 is 46.5. The van der Waals surface area contributed by atoms with Gasteiger partial charge in [0.25, 0.3) is 0 Å². The predicted octanol–water partition coefficient (Wildman–Crippen LogP) is 2.29. The quantitative estimate of drug-likeness (QED) is 0.771. The maximum absolute atomic E-state index is 12.4. The van der Waals surface area contributed by atoms with Crippen molar-refractivity contribution in [1.82, 2.24) is 4.98 Å². The molecule has 94 valence electrons. The van der Waals surface area contributed by atoms with Crippen molar-refractivity contribution in [2.24, 2.45) is 0 Å². The van der Waals surface area contributed by atoms with Crippen LogP contribution in [0.25, 0.3) is 0 Å². The first-order valence-corrected chi connectivity index (χ1v) is 4.69. The molecule has 0 aliphatic rings. The highest BCUT2D eigenvalue weighted by Gasteiger charge is 2.34. The molecule has 0 aromatic carbocycles. The number of hydrogen-bond acceptors (Lipinski definition) is 4. The molecule has 0 saturated heterocycles. The summed E-state index contributed by atoms with van der Waals surface area (Å²) in [6, 6.07) is 1.77. The molecule has 0 aliphatic carbocycles. The Labute approximate surface area is 95.4 Å². The molecule has 0 fully saturated rings. The van der Waals surface area contributed by atoms with Crippen molar-refractivity contribution in [3.05, 3.63) is 23.5 Å². The highest BCUT2D eigenvalue weighted by molar-refractivity contribution is 5.90. The fourth-order valence-electron chi connectivity index (χ4n) is 1.11. The van der Waals surface area contributed by atoms with Gasteiger partial charge in [-0.15, -0.1) is 0 Å². The molecule has 1 rings (SSSR count). The Morgan fingerprint density at radius 1 is 1.41 bits per heavy atom. The van der Waals surface area contributed by atoms with Gasteiger partial charge in [0, 0.05) is 0 Å². The van der Waals surface area contributed by atoms with E-state index in [2.05, 4.69) is 9.72 Å². The molecule has 0 spiro atoms. The van der Waals surface area contributed by atoms with Gasteiger partial charge in [-0.2, -0.15) is 13.2 Å². The third kappa shape index (κ3) is 3.08. The predicted molar refractivity (Wildman–Crippen MR) is 51.7 cm³/mol. The first-order chi connectivity index (χ1) is 7.90. The second-order valence-electron chi connectivity index (χ2n) is 2.97. The van der Waals surface area contributed by atoms with E-state index in [9.17, 15) is 18.0 Å². The topological polar surface area (TPSA) is 48.4 Å². The van der Waals surface area contributed by atoms with Crippen LogP contribution in [0.1, 0.15) is 23.1 Å². The summed E-state index contributed by atoms with van der Waals surface area (Å²) in [6.45, 7) is 1.58. The lowest BCUT2D eigenvalue weighted by Gasteiger charge is -2.10. The van der Waals surface area contributed by atoms with Gasteiger partial charge in [-0.25, -0.2) is 9.78 Å². The second kappa shape index (κ2) is 5.03. The van der Waals surface area contributed by atoms with Crippen LogP contribution < -0.4 is 4.74 Å². The van der Waals surface area contributed by atoms with Gasteiger partial charge < -0.3 is 9.47 Å². The molecule has 0 radical (unpaired) electrons. The number of aromatic nitrogens is 1. The lowest BCUT2D eigenvalue weighted by molar-refractivity contribution is -0.141. The molecule has 1 aromatic rings. The maximum Gasteiger partial charge on any atom is 0.433 e. The lowest BCUT2D eigenvalue weighted by atomic mass is 10.2. The van der Waals surface area contributed by atoms with Crippen molar-refractivity contribution in [2.45, 2.75) is 13.1 Å². The highest BCUT2D eigenvalue weighted by atomic mass is 19.4. The van der Waals surface area contributed by atoms with Crippen LogP contribution >= 0.6 is 0 Å². The van der Waals surface area contributed by atoms with Gasteiger partial charge in [-0.05, 0) is 19.1 Å². The van der Waals surface area contributed by atoms with Gasteiger partial charge in [-0.3, -0.25) is 0 Å². The molecular weight excluding hydrogens is 239 g/mol. The van der Waals surface area contributed by atoms with Crippen LogP contribution in [-0.2, 0) is 10.9 Å². The first-order valence-electron chi connectivity index (χ1n) is 4.69. The number of nitrogens with zero attached hydrogens (tertiary/aromatic N) is 1. The number of carbonyl (C=O) groups excluding carboxylic acids is 1. The summed E-state index contributed by atoms with van der Waals surface area (Å²) in [6.07, 6.45) is -4.62. The Morgan fingerprint density at radius 3 is 2.53 bits per heavy atom. The summed E-state index contributed by atoms with van der Waals surface area (Å²) in [5.74, 6) is -1.01. The van der Waals surface area contributed by atoms with Crippen molar-refractivity contribution in [1.29, 1.82) is 0 Å². The first kappa shape index (κ1) is 13.3. The molecule has 0 atom stereocenters. The molecule has 4 nitrogen and oxygen atoms in total. The Morgan fingerprint density at radius 2 is 2.06 bits per heavy atom. The van der Waals surface area contributed by atoms with Crippen molar-refractivity contribution in [3.8, 4) is 5.75 Å². The molecule has 1 aromatic heterocycles. The number of ether oxygens (including phenoxy) is 2. The van der Waals surface area contributed by atoms with E-state index >= 15 is 0 Å². The van der Waals surface area contributed by atoms with Crippen molar-refractivity contribution < 1.29 is 27.4 Å². The van der Waals surface area contributed by atoms with E-state index in [1.165, 1.54) is 14.0 Å². The van der Waals surface area contributed by atoms with Crippen LogP contribution in [0.3, 0.4) is 0 Å². The van der Waals surface area contributed by atoms with Gasteiger partial charge in [0.2, 0.25) is 0 Å². The van der Waals surface area contributed by atoms with Gasteiger partial charge in [0.15, 0.2) is 11.4 Å². The van der Waals surface area contributed by atoms with Crippen LogP contribution in [0.15, 0.2) is 12.1 Å². The Hall–Kier alpha value is -1.79. The summed E-state index contributed by atoms with van der Waals surface area (Å²) in [5.41, 5.74) is -1.65. The summed E-state index contributed by atoms with van der Waals surface area (Å²) in [7, 11) is 1.23. The monoisotopic (exact) mass is 249 g/mol. The standard InChI is InChI=1S/C10H10F3NO3/c1-3-17-9(15)8-6(16-2)4-5-7(14-8)10(11,12)13/h4-5H,3H2,1-2H3. The van der Waals surface area contributed by atoms with E-state index in [-0.39, 0.29) is 12.4 Å². The van der Waals surface area contributed by atoms with Crippen molar-refractivity contribution >= 4 is 5.97 Å². The maximum atomic E-state index is 12.4. The summed E-state index contributed by atoms with van der Waals surface area (Å²) in [4.78, 5) is 14.6. The largest absolute Gasteiger partial charge is 0.494 e. The average molecular weight is 249 g/mol. The van der Waals surface area contributed by atoms with Crippen LogP contribution in [0.4, 0.5) is 13.2 Å². The molecule has 0 bridgehead atoms. The van der Waals surface area contributed by atoms with Crippen molar-refractivity contribution in [2.75, 3.05) is 13.7 Å². The molecule has 0 N–H and O–H groups in total. The zero-order valence-corrected chi connectivity index (χ0v) is 9.17. The number of halogens is 3. The molecule has 17 heavy (non-hydrogen) atoms. The number of esters is 1. The molecule has 0 amide bonds. The zero-order valence-electron chi connectivity index (χ0n) is 9.17. The van der Waals surface area contributed by atoms with E-state index in [0.717, 1.165) is 12.1 Å². The van der Waals surface area contributed by atoms with Gasteiger partial charge >= 0.3 is 12.1 Å². The fraction of sp³-hybridized carbons (Fsp3) is 0.400. The van der Waals surface area contributed by atoms with Gasteiger partial charge in [0.05, 0.1) is 13.7 Å². The Balaban J connectivity index is 3.20.